The molecule has 0 saturated heterocycles. The van der Waals surface area contributed by atoms with Gasteiger partial charge in [0.25, 0.3) is 0 Å². The maximum atomic E-state index is 6.16. The first-order valence-corrected chi connectivity index (χ1v) is 10.9. The third-order valence-corrected chi connectivity index (χ3v) is 5.72. The third kappa shape index (κ3) is 6.79. The molecule has 0 bridgehead atoms. The van der Waals surface area contributed by atoms with Gasteiger partial charge in [0.05, 0.1) is 18.2 Å². The molecule has 28 heavy (non-hydrogen) atoms. The molecule has 1 atom stereocenters. The van der Waals surface area contributed by atoms with Gasteiger partial charge in [0.15, 0.2) is 0 Å². The molecule has 0 aliphatic heterocycles. The summed E-state index contributed by atoms with van der Waals surface area (Å²) in [7, 11) is 0. The van der Waals surface area contributed by atoms with Crippen LogP contribution in [0.3, 0.4) is 0 Å². The van der Waals surface area contributed by atoms with E-state index in [-0.39, 0.29) is 6.10 Å². The second kappa shape index (κ2) is 10.8. The van der Waals surface area contributed by atoms with Gasteiger partial charge in [-0.3, -0.25) is 0 Å². The molecule has 1 aliphatic carbocycles. The Balaban J connectivity index is 1.38. The maximum Gasteiger partial charge on any atom is 0.138 e. The van der Waals surface area contributed by atoms with E-state index in [2.05, 4.69) is 5.32 Å². The van der Waals surface area contributed by atoms with Gasteiger partial charge in [-0.05, 0) is 61.7 Å². The summed E-state index contributed by atoms with van der Waals surface area (Å²) < 4.78 is 11.8. The summed E-state index contributed by atoms with van der Waals surface area (Å²) in [5.41, 5.74) is 1.04. The van der Waals surface area contributed by atoms with Crippen molar-refractivity contribution in [1.29, 1.82) is 0 Å². The zero-order valence-electron chi connectivity index (χ0n) is 16.4. The van der Waals surface area contributed by atoms with Crippen molar-refractivity contribution < 1.29 is 9.47 Å². The fourth-order valence-electron chi connectivity index (χ4n) is 3.58. The van der Waals surface area contributed by atoms with Crippen LogP contribution in [-0.2, 0) is 0 Å². The van der Waals surface area contributed by atoms with E-state index >= 15 is 0 Å². The lowest BCUT2D eigenvalue weighted by atomic mass is 9.87. The largest absolute Gasteiger partial charge is 0.494 e. The van der Waals surface area contributed by atoms with E-state index in [0.29, 0.717) is 22.3 Å². The Labute approximate surface area is 178 Å². The smallest absolute Gasteiger partial charge is 0.138 e. The number of anilines is 1. The SMILES string of the molecule is CC(CNc1ccc(OCCC2CCCCC2)cc1)Oc1ccc(Cl)cc1Cl. The Hall–Kier alpha value is -1.58. The molecular formula is C23H29Cl2NO2. The standard InChI is InChI=1S/C23H29Cl2NO2/c1-17(28-23-12-7-19(24)15-22(23)25)16-26-20-8-10-21(11-9-20)27-14-13-18-5-3-2-4-6-18/h7-12,15,17-18,26H,2-6,13-14,16H2,1H3. The van der Waals surface area contributed by atoms with Gasteiger partial charge in [0.2, 0.25) is 0 Å². The minimum absolute atomic E-state index is 0.0369. The highest BCUT2D eigenvalue weighted by atomic mass is 35.5. The fourth-order valence-corrected chi connectivity index (χ4v) is 4.03. The van der Waals surface area contributed by atoms with Crippen molar-refractivity contribution in [3.63, 3.8) is 0 Å². The number of ether oxygens (including phenoxy) is 2. The molecule has 1 unspecified atom stereocenters. The van der Waals surface area contributed by atoms with Gasteiger partial charge in [-0.2, -0.15) is 0 Å². The minimum Gasteiger partial charge on any atom is -0.494 e. The van der Waals surface area contributed by atoms with Crippen molar-refractivity contribution in [1.82, 2.24) is 0 Å². The van der Waals surface area contributed by atoms with Gasteiger partial charge in [-0.25, -0.2) is 0 Å². The molecular weight excluding hydrogens is 393 g/mol. The maximum absolute atomic E-state index is 6.16. The average Bonchev–Trinajstić information content (AvgIpc) is 2.70. The van der Waals surface area contributed by atoms with Gasteiger partial charge in [0, 0.05) is 10.7 Å². The molecule has 0 aromatic heterocycles. The predicted molar refractivity (Wildman–Crippen MR) is 118 cm³/mol. The van der Waals surface area contributed by atoms with Crippen molar-refractivity contribution >= 4 is 28.9 Å². The zero-order valence-corrected chi connectivity index (χ0v) is 17.9. The van der Waals surface area contributed by atoms with Crippen LogP contribution in [0.15, 0.2) is 42.5 Å². The van der Waals surface area contributed by atoms with Crippen molar-refractivity contribution in [3.05, 3.63) is 52.5 Å². The molecule has 1 aliphatic rings. The summed E-state index contributed by atoms with van der Waals surface area (Å²) in [6.07, 6.45) is 8.05. The second-order valence-corrected chi connectivity index (χ2v) is 8.39. The Morgan fingerprint density at radius 1 is 1.04 bits per heavy atom. The van der Waals surface area contributed by atoms with E-state index in [9.17, 15) is 0 Å². The molecule has 1 fully saturated rings. The topological polar surface area (TPSA) is 30.5 Å². The van der Waals surface area contributed by atoms with Gasteiger partial charge in [-0.15, -0.1) is 0 Å². The Morgan fingerprint density at radius 2 is 1.79 bits per heavy atom. The number of rotatable bonds is 9. The van der Waals surface area contributed by atoms with Crippen LogP contribution in [0.2, 0.25) is 10.0 Å². The Bertz CT molecular complexity index is 730. The van der Waals surface area contributed by atoms with Gasteiger partial charge >= 0.3 is 0 Å². The zero-order chi connectivity index (χ0) is 19.8. The minimum atomic E-state index is -0.0369. The quantitative estimate of drug-likeness (QED) is 0.463. The molecule has 1 saturated carbocycles. The molecule has 0 heterocycles. The van der Waals surface area contributed by atoms with Gasteiger partial charge < -0.3 is 14.8 Å². The summed E-state index contributed by atoms with van der Waals surface area (Å²) in [6.45, 7) is 3.48. The van der Waals surface area contributed by atoms with E-state index in [4.69, 9.17) is 32.7 Å². The lowest BCUT2D eigenvalue weighted by molar-refractivity contribution is 0.235. The van der Waals surface area contributed by atoms with Crippen molar-refractivity contribution in [2.75, 3.05) is 18.5 Å². The van der Waals surface area contributed by atoms with E-state index in [0.717, 1.165) is 24.0 Å². The fraction of sp³-hybridized carbons (Fsp3) is 0.478. The number of nitrogens with one attached hydrogen (secondary N) is 1. The number of hydrogen-bond donors (Lipinski definition) is 1. The number of benzene rings is 2. The van der Waals surface area contributed by atoms with E-state index in [1.54, 1.807) is 18.2 Å². The van der Waals surface area contributed by atoms with Crippen LogP contribution >= 0.6 is 23.2 Å². The second-order valence-electron chi connectivity index (χ2n) is 7.55. The molecule has 2 aromatic rings. The first kappa shape index (κ1) is 21.1. The predicted octanol–water partition coefficient (Wildman–Crippen LogP) is 7.22. The van der Waals surface area contributed by atoms with Crippen LogP contribution in [0.1, 0.15) is 45.4 Å². The van der Waals surface area contributed by atoms with Crippen molar-refractivity contribution in [2.45, 2.75) is 51.6 Å². The van der Waals surface area contributed by atoms with Gasteiger partial charge in [0.1, 0.15) is 17.6 Å². The molecule has 5 heteroatoms. The summed E-state index contributed by atoms with van der Waals surface area (Å²) in [5, 5.41) is 4.50. The highest BCUT2D eigenvalue weighted by Crippen LogP contribution is 2.29. The molecule has 152 valence electrons. The molecule has 1 N–H and O–H groups in total. The molecule has 3 nitrogen and oxygen atoms in total. The van der Waals surface area contributed by atoms with Crippen LogP contribution in [0, 0.1) is 5.92 Å². The van der Waals surface area contributed by atoms with Crippen LogP contribution in [0.25, 0.3) is 0 Å². The molecule has 0 amide bonds. The molecule has 2 aromatic carbocycles. The van der Waals surface area contributed by atoms with Gasteiger partial charge in [-0.1, -0.05) is 55.3 Å². The van der Waals surface area contributed by atoms with Crippen molar-refractivity contribution in [2.24, 2.45) is 5.92 Å². The Morgan fingerprint density at radius 3 is 2.50 bits per heavy atom. The first-order valence-electron chi connectivity index (χ1n) is 10.2. The Kier molecular flexibility index (Phi) is 8.17. The monoisotopic (exact) mass is 421 g/mol. The average molecular weight is 422 g/mol. The van der Waals surface area contributed by atoms with E-state index < -0.39 is 0 Å². The van der Waals surface area contributed by atoms with Crippen LogP contribution in [-0.4, -0.2) is 19.3 Å². The van der Waals surface area contributed by atoms with Crippen LogP contribution in [0.5, 0.6) is 11.5 Å². The van der Waals surface area contributed by atoms with E-state index in [1.165, 1.54) is 38.5 Å². The molecule has 0 spiro atoms. The van der Waals surface area contributed by atoms with Crippen LogP contribution < -0.4 is 14.8 Å². The summed E-state index contributed by atoms with van der Waals surface area (Å²) >= 11 is 12.1. The number of halogens is 2. The van der Waals surface area contributed by atoms with Crippen LogP contribution in [0.4, 0.5) is 5.69 Å². The van der Waals surface area contributed by atoms with Crippen molar-refractivity contribution in [3.8, 4) is 11.5 Å². The molecule has 0 radical (unpaired) electrons. The summed E-state index contributed by atoms with van der Waals surface area (Å²) in [5.74, 6) is 2.42. The molecule has 3 rings (SSSR count). The lowest BCUT2D eigenvalue weighted by Gasteiger charge is -2.21. The summed E-state index contributed by atoms with van der Waals surface area (Å²) in [4.78, 5) is 0. The highest BCUT2D eigenvalue weighted by molar-refractivity contribution is 6.35. The lowest BCUT2D eigenvalue weighted by Crippen LogP contribution is -2.22. The highest BCUT2D eigenvalue weighted by Gasteiger charge is 2.13. The number of hydrogen-bond acceptors (Lipinski definition) is 3. The van der Waals surface area contributed by atoms with E-state index in [1.807, 2.05) is 31.2 Å². The third-order valence-electron chi connectivity index (χ3n) is 5.19. The normalized spacial score (nSPS) is 15.8. The summed E-state index contributed by atoms with van der Waals surface area (Å²) in [6, 6.07) is 13.4. The first-order chi connectivity index (χ1) is 13.6.